The summed E-state index contributed by atoms with van der Waals surface area (Å²) in [7, 11) is -3.83. The van der Waals surface area contributed by atoms with Crippen LogP contribution in [0.1, 0.15) is 26.4 Å². The highest BCUT2D eigenvalue weighted by Crippen LogP contribution is 2.21. The fourth-order valence-electron chi connectivity index (χ4n) is 2.52. The highest BCUT2D eigenvalue weighted by molar-refractivity contribution is 7.92. The van der Waals surface area contributed by atoms with Crippen LogP contribution < -0.4 is 10.1 Å². The number of hydrogen-bond acceptors (Lipinski definition) is 5. The van der Waals surface area contributed by atoms with Crippen LogP contribution in [0.25, 0.3) is 0 Å². The van der Waals surface area contributed by atoms with E-state index in [1.54, 1.807) is 6.07 Å². The molecule has 0 saturated carbocycles. The molecule has 3 aromatic rings. The highest BCUT2D eigenvalue weighted by Gasteiger charge is 2.17. The van der Waals surface area contributed by atoms with E-state index in [0.717, 1.165) is 16.0 Å². The van der Waals surface area contributed by atoms with Gasteiger partial charge in [-0.1, -0.05) is 29.8 Å². The Morgan fingerprint density at radius 1 is 1.07 bits per heavy atom. The Morgan fingerprint density at radius 3 is 2.61 bits per heavy atom. The average Bonchev–Trinajstić information content (AvgIpc) is 3.17. The molecule has 0 saturated heterocycles. The molecule has 0 spiro atoms. The van der Waals surface area contributed by atoms with E-state index < -0.39 is 15.9 Å². The molecule has 0 aliphatic rings. The number of nitrogens with zero attached hydrogens (tertiary/aromatic N) is 1. The largest absolute Gasteiger partial charge is 0.279 e. The molecule has 0 aliphatic carbocycles. The van der Waals surface area contributed by atoms with E-state index in [0.29, 0.717) is 5.69 Å². The molecule has 2 N–H and O–H groups in total. The van der Waals surface area contributed by atoms with Gasteiger partial charge in [0, 0.05) is 10.4 Å². The summed E-state index contributed by atoms with van der Waals surface area (Å²) in [6, 6.07) is 15.0. The van der Waals surface area contributed by atoms with Gasteiger partial charge in [0.05, 0.1) is 16.8 Å². The van der Waals surface area contributed by atoms with Gasteiger partial charge in [-0.05, 0) is 55.1 Å². The van der Waals surface area contributed by atoms with Crippen molar-refractivity contribution in [1.29, 1.82) is 0 Å². The molecule has 8 heteroatoms. The lowest BCUT2D eigenvalue weighted by atomic mass is 10.1. The van der Waals surface area contributed by atoms with E-state index in [1.807, 2.05) is 43.5 Å². The van der Waals surface area contributed by atoms with Crippen molar-refractivity contribution in [2.75, 3.05) is 4.72 Å². The second-order valence-electron chi connectivity index (χ2n) is 6.17. The van der Waals surface area contributed by atoms with Gasteiger partial charge in [0.2, 0.25) is 0 Å². The van der Waals surface area contributed by atoms with Gasteiger partial charge in [-0.25, -0.2) is 13.8 Å². The summed E-state index contributed by atoms with van der Waals surface area (Å²) >= 11 is 1.49. The highest BCUT2D eigenvalue weighted by atomic mass is 32.2. The average molecular weight is 414 g/mol. The van der Waals surface area contributed by atoms with Crippen LogP contribution in [0.15, 0.2) is 70.0 Å². The van der Waals surface area contributed by atoms with Crippen molar-refractivity contribution in [2.24, 2.45) is 5.10 Å². The first-order valence-corrected chi connectivity index (χ1v) is 10.8. The summed E-state index contributed by atoms with van der Waals surface area (Å²) < 4.78 is 28.0. The molecular weight excluding hydrogens is 394 g/mol. The van der Waals surface area contributed by atoms with Crippen molar-refractivity contribution in [2.45, 2.75) is 18.7 Å². The van der Waals surface area contributed by atoms with E-state index in [2.05, 4.69) is 15.2 Å². The third-order valence-corrected chi connectivity index (χ3v) is 6.10. The van der Waals surface area contributed by atoms with Gasteiger partial charge in [-0.15, -0.1) is 11.3 Å². The van der Waals surface area contributed by atoms with Gasteiger partial charge in [-0.2, -0.15) is 5.10 Å². The SMILES string of the molecule is Cc1ccc(NS(=O)(=O)c2cccc(C(=O)N/N=C/c3cccs3)c2)c(C)c1. The number of hydrogen-bond donors (Lipinski definition) is 2. The minimum atomic E-state index is -3.83. The maximum absolute atomic E-state index is 12.7. The minimum Gasteiger partial charge on any atom is -0.279 e. The molecule has 0 unspecified atom stereocenters. The number of nitrogens with one attached hydrogen (secondary N) is 2. The Kier molecular flexibility index (Phi) is 5.91. The van der Waals surface area contributed by atoms with Gasteiger partial charge in [0.15, 0.2) is 0 Å². The number of benzene rings is 2. The molecule has 0 fully saturated rings. The number of thiophene rings is 1. The van der Waals surface area contributed by atoms with Gasteiger partial charge in [0.1, 0.15) is 0 Å². The first-order valence-electron chi connectivity index (χ1n) is 8.42. The van der Waals surface area contributed by atoms with E-state index in [9.17, 15) is 13.2 Å². The minimum absolute atomic E-state index is 0.00219. The first-order chi connectivity index (χ1) is 13.3. The molecule has 28 heavy (non-hydrogen) atoms. The summed E-state index contributed by atoms with van der Waals surface area (Å²) in [6.07, 6.45) is 1.53. The maximum atomic E-state index is 12.7. The number of amides is 1. The molecule has 1 amide bonds. The van der Waals surface area contributed by atoms with Crippen LogP contribution in [-0.4, -0.2) is 20.5 Å². The van der Waals surface area contributed by atoms with E-state index in [-0.39, 0.29) is 10.5 Å². The van der Waals surface area contributed by atoms with Crippen LogP contribution in [0, 0.1) is 13.8 Å². The molecule has 0 radical (unpaired) electrons. The monoisotopic (exact) mass is 413 g/mol. The lowest BCUT2D eigenvalue weighted by Gasteiger charge is -2.12. The Labute approximate surface area is 168 Å². The topological polar surface area (TPSA) is 87.6 Å². The zero-order valence-corrected chi connectivity index (χ0v) is 17.0. The van der Waals surface area contributed by atoms with Gasteiger partial charge in [-0.3, -0.25) is 9.52 Å². The summed E-state index contributed by atoms with van der Waals surface area (Å²) in [6.45, 7) is 3.77. The number of hydrazone groups is 1. The number of aryl methyl sites for hydroxylation is 2. The third kappa shape index (κ3) is 4.85. The lowest BCUT2D eigenvalue weighted by molar-refractivity contribution is 0.0955. The molecule has 0 atom stereocenters. The Balaban J connectivity index is 1.76. The summed E-state index contributed by atoms with van der Waals surface area (Å²) in [5, 5.41) is 5.79. The molecule has 1 aromatic heterocycles. The third-order valence-electron chi connectivity index (χ3n) is 3.93. The van der Waals surface area contributed by atoms with Crippen molar-refractivity contribution in [3.05, 3.63) is 81.5 Å². The van der Waals surface area contributed by atoms with E-state index in [4.69, 9.17) is 0 Å². The van der Waals surface area contributed by atoms with Gasteiger partial charge >= 0.3 is 0 Å². The molecule has 0 aliphatic heterocycles. The zero-order valence-electron chi connectivity index (χ0n) is 15.3. The maximum Gasteiger partial charge on any atom is 0.271 e. The lowest BCUT2D eigenvalue weighted by Crippen LogP contribution is -2.19. The van der Waals surface area contributed by atoms with Crippen molar-refractivity contribution in [1.82, 2.24) is 5.43 Å². The molecular formula is C20H19N3O3S2. The molecule has 1 heterocycles. The van der Waals surface area contributed by atoms with Crippen LogP contribution in [0.2, 0.25) is 0 Å². The first kappa shape index (κ1) is 19.8. The fraction of sp³-hybridized carbons (Fsp3) is 0.100. The van der Waals surface area contributed by atoms with Crippen LogP contribution in [0.5, 0.6) is 0 Å². The summed E-state index contributed by atoms with van der Waals surface area (Å²) in [5.41, 5.74) is 4.97. The standard InChI is InChI=1S/C20H19N3O3S2/c1-14-8-9-19(15(2)11-14)23-28(25,26)18-7-3-5-16(12-18)20(24)22-21-13-17-6-4-10-27-17/h3-13,23H,1-2H3,(H,22,24)/b21-13+. The number of carbonyl (C=O) groups is 1. The number of anilines is 1. The number of rotatable bonds is 6. The quantitative estimate of drug-likeness (QED) is 0.474. The Hall–Kier alpha value is -2.97. The van der Waals surface area contributed by atoms with Crippen LogP contribution in [-0.2, 0) is 10.0 Å². The molecule has 2 aromatic carbocycles. The smallest absolute Gasteiger partial charge is 0.271 e. The van der Waals surface area contributed by atoms with Gasteiger partial charge < -0.3 is 0 Å². The van der Waals surface area contributed by atoms with Gasteiger partial charge in [0.25, 0.3) is 15.9 Å². The van der Waals surface area contributed by atoms with E-state index in [1.165, 1.54) is 41.8 Å². The Morgan fingerprint density at radius 2 is 1.89 bits per heavy atom. The molecule has 144 valence electrons. The summed E-state index contributed by atoms with van der Waals surface area (Å²) in [4.78, 5) is 13.2. The molecule has 6 nitrogen and oxygen atoms in total. The van der Waals surface area contributed by atoms with Crippen molar-refractivity contribution >= 4 is 39.2 Å². The van der Waals surface area contributed by atoms with Crippen molar-refractivity contribution in [3.63, 3.8) is 0 Å². The Bertz CT molecular complexity index is 1120. The summed E-state index contributed by atoms with van der Waals surface area (Å²) in [5.74, 6) is -0.489. The normalized spacial score (nSPS) is 11.5. The van der Waals surface area contributed by atoms with Crippen LogP contribution in [0.4, 0.5) is 5.69 Å². The second kappa shape index (κ2) is 8.37. The molecule has 3 rings (SSSR count). The number of carbonyl (C=O) groups excluding carboxylic acids is 1. The fourth-order valence-corrected chi connectivity index (χ4v) is 4.28. The van der Waals surface area contributed by atoms with Crippen LogP contribution >= 0.6 is 11.3 Å². The number of sulfonamides is 1. The molecule has 0 bridgehead atoms. The predicted molar refractivity (Wildman–Crippen MR) is 113 cm³/mol. The predicted octanol–water partition coefficient (Wildman–Crippen LogP) is 3.93. The van der Waals surface area contributed by atoms with Crippen LogP contribution in [0.3, 0.4) is 0 Å². The van der Waals surface area contributed by atoms with Crippen molar-refractivity contribution in [3.8, 4) is 0 Å². The zero-order chi connectivity index (χ0) is 20.1. The van der Waals surface area contributed by atoms with E-state index >= 15 is 0 Å². The second-order valence-corrected chi connectivity index (χ2v) is 8.83. The van der Waals surface area contributed by atoms with Crippen molar-refractivity contribution < 1.29 is 13.2 Å².